The summed E-state index contributed by atoms with van der Waals surface area (Å²) < 4.78 is 1.56. The summed E-state index contributed by atoms with van der Waals surface area (Å²) in [6, 6.07) is 4.62. The molecule has 2 rings (SSSR count). The number of ketones is 1. The van der Waals surface area contributed by atoms with Gasteiger partial charge < -0.3 is 0 Å². The number of aryl methyl sites for hydroxylation is 1. The maximum absolute atomic E-state index is 12.2. The molecule has 0 radical (unpaired) electrons. The zero-order valence-electron chi connectivity index (χ0n) is 10.4. The van der Waals surface area contributed by atoms with Crippen LogP contribution in [-0.4, -0.2) is 15.3 Å². The normalized spacial score (nSPS) is 10.6. The number of carbonyl (C=O) groups excluding carboxylic acids is 1. The summed E-state index contributed by atoms with van der Waals surface area (Å²) in [6.07, 6.45) is 1.33. The predicted octanol–water partition coefficient (Wildman–Crippen LogP) is 3.50. The Labute approximate surface area is 133 Å². The molecule has 0 saturated heterocycles. The van der Waals surface area contributed by atoms with Crippen molar-refractivity contribution >= 4 is 44.9 Å². The summed E-state index contributed by atoms with van der Waals surface area (Å²) >= 11 is 15.0. The largest absolute Gasteiger partial charge is 0.292 e. The lowest BCUT2D eigenvalue weighted by Crippen LogP contribution is -2.26. The number of benzene rings is 1. The van der Waals surface area contributed by atoms with E-state index in [0.29, 0.717) is 20.2 Å². The van der Waals surface area contributed by atoms with Crippen LogP contribution in [0.4, 0.5) is 0 Å². The van der Waals surface area contributed by atoms with Crippen LogP contribution in [0.25, 0.3) is 0 Å². The average molecular weight is 376 g/mol. The van der Waals surface area contributed by atoms with Gasteiger partial charge in [0, 0.05) is 10.6 Å². The van der Waals surface area contributed by atoms with Crippen LogP contribution in [0.1, 0.15) is 16.1 Å². The minimum Gasteiger partial charge on any atom is -0.292 e. The summed E-state index contributed by atoms with van der Waals surface area (Å²) in [6.45, 7) is 1.55. The molecule has 1 aromatic carbocycles. The van der Waals surface area contributed by atoms with Crippen molar-refractivity contribution < 1.29 is 4.79 Å². The van der Waals surface area contributed by atoms with Gasteiger partial charge in [0.25, 0.3) is 5.56 Å². The molecule has 7 heteroatoms. The van der Waals surface area contributed by atoms with Crippen molar-refractivity contribution in [1.82, 2.24) is 9.55 Å². The second-order valence-corrected chi connectivity index (χ2v) is 5.76. The summed E-state index contributed by atoms with van der Waals surface area (Å²) in [4.78, 5) is 28.2. The van der Waals surface area contributed by atoms with Gasteiger partial charge in [0.15, 0.2) is 5.78 Å². The van der Waals surface area contributed by atoms with Crippen LogP contribution in [0.15, 0.2) is 33.8 Å². The van der Waals surface area contributed by atoms with E-state index < -0.39 is 0 Å². The lowest BCUT2D eigenvalue weighted by molar-refractivity contribution is 0.0970. The Morgan fingerprint density at radius 3 is 2.80 bits per heavy atom. The number of aromatic nitrogens is 2. The van der Waals surface area contributed by atoms with Crippen LogP contribution < -0.4 is 5.56 Å². The number of halogens is 3. The number of nitrogens with zero attached hydrogens (tertiary/aromatic N) is 2. The van der Waals surface area contributed by atoms with E-state index in [4.69, 9.17) is 23.2 Å². The van der Waals surface area contributed by atoms with Crippen molar-refractivity contribution in [2.75, 3.05) is 0 Å². The maximum Gasteiger partial charge on any atom is 0.268 e. The SMILES string of the molecule is Cc1ncn(CC(=O)c2cc(Cl)ccc2Cl)c(=O)c1Br. The van der Waals surface area contributed by atoms with Crippen LogP contribution in [0.3, 0.4) is 0 Å². The molecule has 0 saturated carbocycles. The van der Waals surface area contributed by atoms with E-state index in [1.165, 1.54) is 17.0 Å². The molecule has 104 valence electrons. The maximum atomic E-state index is 12.2. The highest BCUT2D eigenvalue weighted by Gasteiger charge is 2.14. The quantitative estimate of drug-likeness (QED) is 0.771. The molecule has 0 atom stereocenters. The van der Waals surface area contributed by atoms with E-state index in [-0.39, 0.29) is 23.5 Å². The second kappa shape index (κ2) is 6.08. The molecule has 0 aliphatic carbocycles. The van der Waals surface area contributed by atoms with Gasteiger partial charge in [-0.1, -0.05) is 23.2 Å². The van der Waals surface area contributed by atoms with Gasteiger partial charge in [0.2, 0.25) is 0 Å². The minimum atomic E-state index is -0.316. The first kappa shape index (κ1) is 15.2. The Morgan fingerprint density at radius 2 is 2.10 bits per heavy atom. The molecule has 1 heterocycles. The van der Waals surface area contributed by atoms with Gasteiger partial charge in [0.05, 0.1) is 23.6 Å². The molecule has 0 spiro atoms. The lowest BCUT2D eigenvalue weighted by atomic mass is 10.1. The fourth-order valence-electron chi connectivity index (χ4n) is 1.61. The smallest absolute Gasteiger partial charge is 0.268 e. The van der Waals surface area contributed by atoms with E-state index in [1.807, 2.05) is 0 Å². The minimum absolute atomic E-state index is 0.148. The van der Waals surface area contributed by atoms with Gasteiger partial charge >= 0.3 is 0 Å². The molecule has 0 aliphatic rings. The van der Waals surface area contributed by atoms with E-state index in [1.54, 1.807) is 19.1 Å². The number of hydrogen-bond acceptors (Lipinski definition) is 3. The van der Waals surface area contributed by atoms with Gasteiger partial charge in [0.1, 0.15) is 4.47 Å². The third-order valence-electron chi connectivity index (χ3n) is 2.70. The van der Waals surface area contributed by atoms with Crippen molar-refractivity contribution in [3.05, 3.63) is 60.7 Å². The van der Waals surface area contributed by atoms with Crippen LogP contribution >= 0.6 is 39.1 Å². The highest BCUT2D eigenvalue weighted by molar-refractivity contribution is 9.10. The molecule has 0 unspecified atom stereocenters. The summed E-state index contributed by atoms with van der Waals surface area (Å²) in [7, 11) is 0. The van der Waals surface area contributed by atoms with E-state index in [2.05, 4.69) is 20.9 Å². The molecule has 4 nitrogen and oxygen atoms in total. The van der Waals surface area contributed by atoms with E-state index >= 15 is 0 Å². The molecule has 20 heavy (non-hydrogen) atoms. The van der Waals surface area contributed by atoms with E-state index in [0.717, 1.165) is 0 Å². The lowest BCUT2D eigenvalue weighted by Gasteiger charge is -2.07. The van der Waals surface area contributed by atoms with Crippen LogP contribution in [0, 0.1) is 6.92 Å². The Hall–Kier alpha value is -1.17. The first-order valence-corrected chi connectivity index (χ1v) is 7.15. The molecule has 0 N–H and O–H groups in total. The fraction of sp³-hybridized carbons (Fsp3) is 0.154. The topological polar surface area (TPSA) is 52.0 Å². The van der Waals surface area contributed by atoms with Crippen molar-refractivity contribution in [1.29, 1.82) is 0 Å². The third kappa shape index (κ3) is 3.11. The second-order valence-electron chi connectivity index (χ2n) is 4.12. The van der Waals surface area contributed by atoms with Gasteiger partial charge in [-0.05, 0) is 41.1 Å². The highest BCUT2D eigenvalue weighted by Crippen LogP contribution is 2.21. The van der Waals surface area contributed by atoms with Gasteiger partial charge in [-0.25, -0.2) is 4.98 Å². The fourth-order valence-corrected chi connectivity index (χ4v) is 2.34. The van der Waals surface area contributed by atoms with Gasteiger partial charge in [-0.3, -0.25) is 14.2 Å². The third-order valence-corrected chi connectivity index (χ3v) is 4.18. The summed E-state index contributed by atoms with van der Waals surface area (Å²) in [5.41, 5.74) is 0.534. The number of rotatable bonds is 3. The van der Waals surface area contributed by atoms with Crippen LogP contribution in [-0.2, 0) is 6.54 Å². The standard InChI is InChI=1S/C13H9BrCl2N2O2/c1-7-12(14)13(20)18(6-17-7)5-11(19)9-4-8(15)2-3-10(9)16/h2-4,6H,5H2,1H3. The zero-order valence-corrected chi connectivity index (χ0v) is 13.5. The van der Waals surface area contributed by atoms with Crippen molar-refractivity contribution in [3.8, 4) is 0 Å². The molecule has 1 aromatic heterocycles. The number of carbonyl (C=O) groups is 1. The Balaban J connectivity index is 2.35. The Bertz CT molecular complexity index is 744. The summed E-state index contributed by atoms with van der Waals surface area (Å²) in [5, 5.41) is 0.708. The average Bonchev–Trinajstić information content (AvgIpc) is 2.42. The highest BCUT2D eigenvalue weighted by atomic mass is 79.9. The van der Waals surface area contributed by atoms with Crippen molar-refractivity contribution in [2.45, 2.75) is 13.5 Å². The van der Waals surface area contributed by atoms with Gasteiger partial charge in [-0.2, -0.15) is 0 Å². The number of Topliss-reactive ketones (excluding diaryl/α,β-unsaturated/α-hetero) is 1. The number of hydrogen-bond donors (Lipinski definition) is 0. The summed E-state index contributed by atoms with van der Waals surface area (Å²) in [5.74, 6) is -0.308. The predicted molar refractivity (Wildman–Crippen MR) is 81.7 cm³/mol. The van der Waals surface area contributed by atoms with E-state index in [9.17, 15) is 9.59 Å². The van der Waals surface area contributed by atoms with Crippen LogP contribution in [0.5, 0.6) is 0 Å². The Morgan fingerprint density at radius 1 is 1.40 bits per heavy atom. The molecule has 0 aliphatic heterocycles. The molecule has 0 fully saturated rings. The van der Waals surface area contributed by atoms with Crippen molar-refractivity contribution in [2.24, 2.45) is 0 Å². The molecule has 0 bridgehead atoms. The van der Waals surface area contributed by atoms with Crippen molar-refractivity contribution in [3.63, 3.8) is 0 Å². The molecular weight excluding hydrogens is 367 g/mol. The molecule has 2 aromatic rings. The molecular formula is C13H9BrCl2N2O2. The first-order valence-electron chi connectivity index (χ1n) is 5.60. The van der Waals surface area contributed by atoms with Crippen LogP contribution in [0.2, 0.25) is 10.0 Å². The first-order chi connectivity index (χ1) is 9.40. The van der Waals surface area contributed by atoms with Gasteiger partial charge in [-0.15, -0.1) is 0 Å². The molecule has 0 amide bonds. The monoisotopic (exact) mass is 374 g/mol. The zero-order chi connectivity index (χ0) is 14.9. The Kier molecular flexibility index (Phi) is 4.62.